The van der Waals surface area contributed by atoms with E-state index in [0.717, 1.165) is 19.4 Å². The van der Waals surface area contributed by atoms with Gasteiger partial charge in [-0.15, -0.1) is 0 Å². The molecule has 0 aromatic heterocycles. The highest BCUT2D eigenvalue weighted by Gasteiger charge is 2.42. The third-order valence-corrected chi connectivity index (χ3v) is 3.63. The van der Waals surface area contributed by atoms with Gasteiger partial charge in [0.05, 0.1) is 19.3 Å². The van der Waals surface area contributed by atoms with E-state index in [0.29, 0.717) is 24.4 Å². The van der Waals surface area contributed by atoms with Gasteiger partial charge in [-0.25, -0.2) is 0 Å². The zero-order valence-corrected chi connectivity index (χ0v) is 11.4. The standard InChI is InChI=1S/C16H24O2/c1-12(2)8-16(17)15-9-14(15)11-18-10-13-6-4-3-5-7-13/h3-7,12,14-17H,8-11H2,1-2H3/t14-,15-,16+/m0/s1. The normalized spacial score (nSPS) is 24.2. The van der Waals surface area contributed by atoms with Crippen LogP contribution in [0.1, 0.15) is 32.3 Å². The highest BCUT2D eigenvalue weighted by molar-refractivity contribution is 5.13. The van der Waals surface area contributed by atoms with Crippen LogP contribution in [0.4, 0.5) is 0 Å². The van der Waals surface area contributed by atoms with Crippen LogP contribution >= 0.6 is 0 Å². The van der Waals surface area contributed by atoms with Crippen LogP contribution < -0.4 is 0 Å². The lowest BCUT2D eigenvalue weighted by Gasteiger charge is -2.12. The van der Waals surface area contributed by atoms with Gasteiger partial charge in [-0.2, -0.15) is 0 Å². The van der Waals surface area contributed by atoms with Crippen molar-refractivity contribution in [2.45, 2.75) is 39.4 Å². The molecule has 0 spiro atoms. The van der Waals surface area contributed by atoms with E-state index in [4.69, 9.17) is 4.74 Å². The molecule has 1 aliphatic carbocycles. The molecule has 2 nitrogen and oxygen atoms in total. The fourth-order valence-electron chi connectivity index (χ4n) is 2.49. The van der Waals surface area contributed by atoms with Crippen molar-refractivity contribution < 1.29 is 9.84 Å². The lowest BCUT2D eigenvalue weighted by Crippen LogP contribution is -2.15. The average Bonchev–Trinajstić information content (AvgIpc) is 3.09. The van der Waals surface area contributed by atoms with Gasteiger partial charge in [0.1, 0.15) is 0 Å². The van der Waals surface area contributed by atoms with Crippen molar-refractivity contribution in [3.05, 3.63) is 35.9 Å². The van der Waals surface area contributed by atoms with Gasteiger partial charge < -0.3 is 9.84 Å². The predicted octanol–water partition coefficient (Wildman–Crippen LogP) is 3.25. The molecule has 2 rings (SSSR count). The molecule has 2 heteroatoms. The number of hydrogen-bond donors (Lipinski definition) is 1. The molecule has 0 heterocycles. The Hall–Kier alpha value is -0.860. The molecular formula is C16H24O2. The number of benzene rings is 1. The van der Waals surface area contributed by atoms with Crippen molar-refractivity contribution in [2.24, 2.45) is 17.8 Å². The van der Waals surface area contributed by atoms with Crippen LogP contribution in [0, 0.1) is 17.8 Å². The van der Waals surface area contributed by atoms with Gasteiger partial charge in [-0.3, -0.25) is 0 Å². The maximum Gasteiger partial charge on any atom is 0.0717 e. The first kappa shape index (κ1) is 13.6. The summed E-state index contributed by atoms with van der Waals surface area (Å²) in [7, 11) is 0. The third kappa shape index (κ3) is 4.11. The summed E-state index contributed by atoms with van der Waals surface area (Å²) >= 11 is 0. The second-order valence-corrected chi connectivity index (χ2v) is 5.86. The maximum absolute atomic E-state index is 9.99. The summed E-state index contributed by atoms with van der Waals surface area (Å²) in [5.41, 5.74) is 1.22. The van der Waals surface area contributed by atoms with Crippen molar-refractivity contribution in [3.8, 4) is 0 Å². The molecule has 0 radical (unpaired) electrons. The summed E-state index contributed by atoms with van der Waals surface area (Å²) in [5.74, 6) is 1.62. The molecular weight excluding hydrogens is 224 g/mol. The number of ether oxygens (including phenoxy) is 1. The van der Waals surface area contributed by atoms with E-state index in [-0.39, 0.29) is 6.10 Å². The summed E-state index contributed by atoms with van der Waals surface area (Å²) in [6, 6.07) is 10.2. The molecule has 1 aliphatic rings. The van der Waals surface area contributed by atoms with Crippen LogP contribution in [0.15, 0.2) is 30.3 Å². The van der Waals surface area contributed by atoms with E-state index in [1.54, 1.807) is 0 Å². The van der Waals surface area contributed by atoms with Crippen LogP contribution in [0.25, 0.3) is 0 Å². The molecule has 100 valence electrons. The van der Waals surface area contributed by atoms with E-state index in [1.165, 1.54) is 5.56 Å². The topological polar surface area (TPSA) is 29.5 Å². The zero-order chi connectivity index (χ0) is 13.0. The van der Waals surface area contributed by atoms with Crippen LogP contribution in [0.2, 0.25) is 0 Å². The van der Waals surface area contributed by atoms with Gasteiger partial charge in [-0.1, -0.05) is 44.2 Å². The first-order chi connectivity index (χ1) is 8.66. The first-order valence-electron chi connectivity index (χ1n) is 6.96. The largest absolute Gasteiger partial charge is 0.393 e. The summed E-state index contributed by atoms with van der Waals surface area (Å²) in [6.07, 6.45) is 1.91. The van der Waals surface area contributed by atoms with Crippen molar-refractivity contribution in [3.63, 3.8) is 0 Å². The van der Waals surface area contributed by atoms with E-state index >= 15 is 0 Å². The van der Waals surface area contributed by atoms with Crippen LogP contribution in [0.3, 0.4) is 0 Å². The molecule has 1 N–H and O–H groups in total. The molecule has 0 saturated heterocycles. The number of hydrogen-bond acceptors (Lipinski definition) is 2. The minimum absolute atomic E-state index is 0.129. The van der Waals surface area contributed by atoms with Gasteiger partial charge in [0.25, 0.3) is 0 Å². The van der Waals surface area contributed by atoms with Gasteiger partial charge in [0.15, 0.2) is 0 Å². The van der Waals surface area contributed by atoms with E-state index in [2.05, 4.69) is 26.0 Å². The van der Waals surface area contributed by atoms with E-state index < -0.39 is 0 Å². The molecule has 1 saturated carbocycles. The number of rotatable bonds is 7. The lowest BCUT2D eigenvalue weighted by molar-refractivity contribution is 0.0829. The third-order valence-electron chi connectivity index (χ3n) is 3.63. The van der Waals surface area contributed by atoms with E-state index in [1.807, 2.05) is 18.2 Å². The lowest BCUT2D eigenvalue weighted by atomic mass is 10.0. The van der Waals surface area contributed by atoms with Crippen molar-refractivity contribution >= 4 is 0 Å². The van der Waals surface area contributed by atoms with Crippen molar-refractivity contribution in [1.29, 1.82) is 0 Å². The van der Waals surface area contributed by atoms with Gasteiger partial charge in [-0.05, 0) is 36.2 Å². The van der Waals surface area contributed by atoms with Gasteiger partial charge in [0.2, 0.25) is 0 Å². The van der Waals surface area contributed by atoms with Crippen LogP contribution in [0.5, 0.6) is 0 Å². The average molecular weight is 248 g/mol. The van der Waals surface area contributed by atoms with Crippen molar-refractivity contribution in [2.75, 3.05) is 6.61 Å². The molecule has 1 aromatic rings. The summed E-state index contributed by atoms with van der Waals surface area (Å²) < 4.78 is 5.72. The molecule has 1 fully saturated rings. The highest BCUT2D eigenvalue weighted by Crippen LogP contribution is 2.43. The molecule has 3 atom stereocenters. The Labute approximate surface area is 110 Å². The summed E-state index contributed by atoms with van der Waals surface area (Å²) in [6.45, 7) is 5.79. The fraction of sp³-hybridized carbons (Fsp3) is 0.625. The smallest absolute Gasteiger partial charge is 0.0717 e. The quantitative estimate of drug-likeness (QED) is 0.802. The number of aliphatic hydroxyl groups is 1. The maximum atomic E-state index is 9.99. The SMILES string of the molecule is CC(C)C[C@@H](O)[C@H]1C[C@H]1COCc1ccccc1. The molecule has 0 unspecified atom stereocenters. The minimum Gasteiger partial charge on any atom is -0.393 e. The molecule has 18 heavy (non-hydrogen) atoms. The Kier molecular flexibility index (Phi) is 4.79. The molecule has 1 aromatic carbocycles. The molecule has 0 aliphatic heterocycles. The number of aliphatic hydroxyl groups excluding tert-OH is 1. The first-order valence-corrected chi connectivity index (χ1v) is 6.96. The second-order valence-electron chi connectivity index (χ2n) is 5.86. The Balaban J connectivity index is 1.62. The summed E-state index contributed by atoms with van der Waals surface area (Å²) in [5, 5.41) is 9.99. The van der Waals surface area contributed by atoms with E-state index in [9.17, 15) is 5.11 Å². The monoisotopic (exact) mass is 248 g/mol. The Morgan fingerprint density at radius 1 is 1.28 bits per heavy atom. The van der Waals surface area contributed by atoms with Gasteiger partial charge >= 0.3 is 0 Å². The summed E-state index contributed by atoms with van der Waals surface area (Å²) in [4.78, 5) is 0. The predicted molar refractivity (Wildman–Crippen MR) is 73.2 cm³/mol. The minimum atomic E-state index is -0.129. The van der Waals surface area contributed by atoms with Crippen molar-refractivity contribution in [1.82, 2.24) is 0 Å². The Morgan fingerprint density at radius 2 is 2.00 bits per heavy atom. The highest BCUT2D eigenvalue weighted by atomic mass is 16.5. The zero-order valence-electron chi connectivity index (χ0n) is 11.4. The van der Waals surface area contributed by atoms with Gasteiger partial charge in [0, 0.05) is 0 Å². The molecule has 0 amide bonds. The van der Waals surface area contributed by atoms with Crippen LogP contribution in [-0.2, 0) is 11.3 Å². The Morgan fingerprint density at radius 3 is 2.67 bits per heavy atom. The second kappa shape index (κ2) is 6.35. The van der Waals surface area contributed by atoms with Crippen LogP contribution in [-0.4, -0.2) is 17.8 Å². The molecule has 0 bridgehead atoms. The fourth-order valence-corrected chi connectivity index (χ4v) is 2.49. The Bertz CT molecular complexity index is 347.